The average molecular weight is 428 g/mol. The summed E-state index contributed by atoms with van der Waals surface area (Å²) in [7, 11) is 0. The number of fused-ring (bicyclic) bond motifs is 2. The van der Waals surface area contributed by atoms with Gasteiger partial charge in [-0.15, -0.1) is 0 Å². The zero-order valence-electron chi connectivity index (χ0n) is 17.7. The van der Waals surface area contributed by atoms with Crippen LogP contribution in [0.1, 0.15) is 21.5 Å². The maximum atomic E-state index is 11.7. The number of carboxylic acid groups (broad SMARTS) is 1. The smallest absolute Gasteiger partial charge is 0.335 e. The minimum absolute atomic E-state index is 0.146. The predicted octanol–water partition coefficient (Wildman–Crippen LogP) is 7.19. The van der Waals surface area contributed by atoms with E-state index >= 15 is 0 Å². The fourth-order valence-electron chi connectivity index (χ4n) is 3.88. The van der Waals surface area contributed by atoms with Crippen LogP contribution >= 0.6 is 0 Å². The van der Waals surface area contributed by atoms with Gasteiger partial charge in [-0.25, -0.2) is 4.79 Å². The van der Waals surface area contributed by atoms with E-state index in [4.69, 9.17) is 0 Å². The van der Waals surface area contributed by atoms with Crippen LogP contribution in [-0.2, 0) is 0 Å². The van der Waals surface area contributed by atoms with Gasteiger partial charge in [0.25, 0.3) is 0 Å². The van der Waals surface area contributed by atoms with Gasteiger partial charge in [0.1, 0.15) is 0 Å². The Morgan fingerprint density at radius 1 is 0.606 bits per heavy atom. The van der Waals surface area contributed by atoms with E-state index < -0.39 is 5.97 Å². The van der Waals surface area contributed by atoms with E-state index in [9.17, 15) is 9.90 Å². The maximum Gasteiger partial charge on any atom is 0.335 e. The molecule has 0 spiro atoms. The summed E-state index contributed by atoms with van der Waals surface area (Å²) >= 11 is 0. The van der Waals surface area contributed by atoms with E-state index in [1.165, 1.54) is 0 Å². The van der Waals surface area contributed by atoms with Crippen molar-refractivity contribution in [1.82, 2.24) is 0 Å². The van der Waals surface area contributed by atoms with Crippen LogP contribution in [0.5, 0.6) is 0 Å². The number of carbonyl (C=O) groups is 1. The lowest BCUT2D eigenvalue weighted by molar-refractivity contribution is 0.0697. The average Bonchev–Trinajstić information content (AvgIpc) is 2.86. The summed E-state index contributed by atoms with van der Waals surface area (Å²) in [5.74, 6) is -1.01. The third-order valence-corrected chi connectivity index (χ3v) is 5.50. The van der Waals surface area contributed by atoms with Crippen molar-refractivity contribution >= 4 is 51.3 Å². The Morgan fingerprint density at radius 3 is 1.55 bits per heavy atom. The van der Waals surface area contributed by atoms with Gasteiger partial charge in [0.2, 0.25) is 0 Å². The number of hydrogen-bond acceptors (Lipinski definition) is 3. The third kappa shape index (κ3) is 4.41. The number of nitrogens with zero attached hydrogens (tertiary/aromatic N) is 2. The molecule has 0 aromatic heterocycles. The van der Waals surface area contributed by atoms with Crippen molar-refractivity contribution in [3.05, 3.63) is 120 Å². The molecule has 0 bridgehead atoms. The summed E-state index contributed by atoms with van der Waals surface area (Å²) in [5, 5.41) is 14.0. The van der Waals surface area contributed by atoms with Gasteiger partial charge in [0, 0.05) is 23.6 Å². The zero-order valence-corrected chi connectivity index (χ0v) is 17.7. The molecule has 4 nitrogen and oxygen atoms in total. The van der Waals surface area contributed by atoms with Gasteiger partial charge in [-0.05, 0) is 39.7 Å². The number of benzene rings is 5. The Bertz CT molecular complexity index is 1430. The van der Waals surface area contributed by atoms with E-state index in [2.05, 4.69) is 34.3 Å². The number of aliphatic imine (C=N–C) groups is 2. The maximum absolute atomic E-state index is 11.7. The highest BCUT2D eigenvalue weighted by molar-refractivity contribution is 6.02. The first-order valence-electron chi connectivity index (χ1n) is 10.6. The molecule has 5 aromatic rings. The molecule has 0 saturated carbocycles. The Balaban J connectivity index is 1.52. The standard InChI is InChI=1S/C29H20N2O2/c32-29(33)24-15-25(30-18-22-11-5-9-20-7-1-3-13-27(20)22)17-26(16-24)31-19-23-12-6-10-21-8-2-4-14-28(21)23/h1-19H,(H,32,33). The van der Waals surface area contributed by atoms with Crippen molar-refractivity contribution in [2.45, 2.75) is 0 Å². The third-order valence-electron chi connectivity index (χ3n) is 5.50. The van der Waals surface area contributed by atoms with Crippen molar-refractivity contribution in [3.8, 4) is 0 Å². The summed E-state index contributed by atoms with van der Waals surface area (Å²) < 4.78 is 0. The second-order valence-electron chi connectivity index (χ2n) is 7.70. The topological polar surface area (TPSA) is 62.0 Å². The molecular formula is C29H20N2O2. The van der Waals surface area contributed by atoms with Crippen LogP contribution in [0.15, 0.2) is 113 Å². The monoisotopic (exact) mass is 428 g/mol. The van der Waals surface area contributed by atoms with Crippen LogP contribution in [0.4, 0.5) is 11.4 Å². The minimum Gasteiger partial charge on any atom is -0.478 e. The first-order chi connectivity index (χ1) is 16.2. The van der Waals surface area contributed by atoms with Gasteiger partial charge in [0.15, 0.2) is 0 Å². The van der Waals surface area contributed by atoms with Crippen LogP contribution in [-0.4, -0.2) is 23.5 Å². The molecule has 5 rings (SSSR count). The summed E-state index contributed by atoms with van der Waals surface area (Å²) in [5.41, 5.74) is 3.15. The highest BCUT2D eigenvalue weighted by Crippen LogP contribution is 2.26. The van der Waals surface area contributed by atoms with E-state index in [0.29, 0.717) is 11.4 Å². The number of rotatable bonds is 5. The molecular weight excluding hydrogens is 408 g/mol. The molecule has 0 radical (unpaired) electrons. The zero-order chi connectivity index (χ0) is 22.6. The van der Waals surface area contributed by atoms with Crippen LogP contribution in [0, 0.1) is 0 Å². The SMILES string of the molecule is O=C(O)c1cc(N=Cc2cccc3ccccc23)cc(N=Cc2cccc3ccccc23)c1. The lowest BCUT2D eigenvalue weighted by Crippen LogP contribution is -1.95. The largest absolute Gasteiger partial charge is 0.478 e. The van der Waals surface area contributed by atoms with Gasteiger partial charge in [-0.1, -0.05) is 84.9 Å². The molecule has 0 atom stereocenters. The van der Waals surface area contributed by atoms with Crippen molar-refractivity contribution in [1.29, 1.82) is 0 Å². The second kappa shape index (κ2) is 8.89. The lowest BCUT2D eigenvalue weighted by Gasteiger charge is -2.04. The molecule has 0 unspecified atom stereocenters. The molecule has 0 saturated heterocycles. The van der Waals surface area contributed by atoms with Gasteiger partial charge >= 0.3 is 5.97 Å². The van der Waals surface area contributed by atoms with Crippen molar-refractivity contribution in [2.24, 2.45) is 9.98 Å². The minimum atomic E-state index is -1.01. The van der Waals surface area contributed by atoms with Crippen molar-refractivity contribution in [3.63, 3.8) is 0 Å². The Morgan fingerprint density at radius 2 is 1.06 bits per heavy atom. The van der Waals surface area contributed by atoms with Gasteiger partial charge in [0.05, 0.1) is 16.9 Å². The predicted molar refractivity (Wildman–Crippen MR) is 136 cm³/mol. The molecule has 4 heteroatoms. The van der Waals surface area contributed by atoms with Crippen molar-refractivity contribution in [2.75, 3.05) is 0 Å². The van der Waals surface area contributed by atoms with Gasteiger partial charge in [-0.2, -0.15) is 0 Å². The molecule has 1 N–H and O–H groups in total. The second-order valence-corrected chi connectivity index (χ2v) is 7.70. The fraction of sp³-hybridized carbons (Fsp3) is 0. The summed E-state index contributed by atoms with van der Waals surface area (Å²) in [6.45, 7) is 0. The lowest BCUT2D eigenvalue weighted by atomic mass is 10.1. The molecule has 0 aliphatic carbocycles. The van der Waals surface area contributed by atoms with Crippen LogP contribution < -0.4 is 0 Å². The highest BCUT2D eigenvalue weighted by atomic mass is 16.4. The fourth-order valence-corrected chi connectivity index (χ4v) is 3.88. The molecule has 5 aromatic carbocycles. The number of hydrogen-bond donors (Lipinski definition) is 1. The number of carboxylic acids is 1. The quantitative estimate of drug-likeness (QED) is 0.301. The van der Waals surface area contributed by atoms with E-state index in [0.717, 1.165) is 32.7 Å². The first-order valence-corrected chi connectivity index (χ1v) is 10.6. The van der Waals surface area contributed by atoms with Gasteiger partial charge in [-0.3, -0.25) is 9.98 Å². The van der Waals surface area contributed by atoms with Crippen LogP contribution in [0.3, 0.4) is 0 Å². The molecule has 0 amide bonds. The summed E-state index contributed by atoms with van der Waals surface area (Å²) in [6.07, 6.45) is 3.53. The number of aromatic carboxylic acids is 1. The summed E-state index contributed by atoms with van der Waals surface area (Å²) in [6, 6.07) is 33.1. The molecule has 33 heavy (non-hydrogen) atoms. The van der Waals surface area contributed by atoms with Gasteiger partial charge < -0.3 is 5.11 Å². The Labute approximate surface area is 191 Å². The van der Waals surface area contributed by atoms with E-state index in [1.54, 1.807) is 30.6 Å². The molecule has 158 valence electrons. The molecule has 0 fully saturated rings. The Hall–Kier alpha value is -4.57. The van der Waals surface area contributed by atoms with Crippen LogP contribution in [0.25, 0.3) is 21.5 Å². The van der Waals surface area contributed by atoms with E-state index in [1.807, 2.05) is 60.7 Å². The molecule has 0 aliphatic heterocycles. The van der Waals surface area contributed by atoms with E-state index in [-0.39, 0.29) is 5.56 Å². The normalized spacial score (nSPS) is 11.6. The van der Waals surface area contributed by atoms with Crippen molar-refractivity contribution < 1.29 is 9.90 Å². The highest BCUT2D eigenvalue weighted by Gasteiger charge is 2.07. The van der Waals surface area contributed by atoms with Crippen LogP contribution in [0.2, 0.25) is 0 Å². The molecule has 0 heterocycles. The Kier molecular flexibility index (Phi) is 5.48. The summed E-state index contributed by atoms with van der Waals surface area (Å²) in [4.78, 5) is 20.8. The molecule has 0 aliphatic rings. The first kappa shape index (κ1) is 20.3.